The number of benzene rings is 1. The van der Waals surface area contributed by atoms with Crippen molar-refractivity contribution < 1.29 is 9.53 Å². The summed E-state index contributed by atoms with van der Waals surface area (Å²) in [5.41, 5.74) is 2.96. The molecule has 0 aliphatic carbocycles. The highest BCUT2D eigenvalue weighted by atomic mass is 16.5. The number of nitrogens with one attached hydrogen (secondary N) is 1. The van der Waals surface area contributed by atoms with Crippen molar-refractivity contribution in [3.63, 3.8) is 0 Å². The summed E-state index contributed by atoms with van der Waals surface area (Å²) in [6.07, 6.45) is 8.21. The molecule has 1 amide bonds. The summed E-state index contributed by atoms with van der Waals surface area (Å²) in [5.74, 6) is 1.41. The first kappa shape index (κ1) is 20.0. The van der Waals surface area contributed by atoms with Crippen LogP contribution in [-0.4, -0.2) is 33.4 Å². The quantitative estimate of drug-likeness (QED) is 0.654. The van der Waals surface area contributed by atoms with Gasteiger partial charge >= 0.3 is 0 Å². The van der Waals surface area contributed by atoms with E-state index in [1.54, 1.807) is 12.4 Å². The lowest BCUT2D eigenvalue weighted by Gasteiger charge is -2.34. The van der Waals surface area contributed by atoms with Gasteiger partial charge < -0.3 is 10.1 Å². The lowest BCUT2D eigenvalue weighted by Crippen LogP contribution is -2.46. The van der Waals surface area contributed by atoms with Crippen molar-refractivity contribution >= 4 is 11.6 Å². The van der Waals surface area contributed by atoms with Gasteiger partial charge in [0, 0.05) is 24.6 Å². The molecule has 0 saturated carbocycles. The van der Waals surface area contributed by atoms with Gasteiger partial charge in [-0.25, -0.2) is 0 Å². The van der Waals surface area contributed by atoms with Gasteiger partial charge in [-0.05, 0) is 74.3 Å². The van der Waals surface area contributed by atoms with Gasteiger partial charge in [0.2, 0.25) is 5.91 Å². The van der Waals surface area contributed by atoms with E-state index in [0.29, 0.717) is 18.0 Å². The normalized spacial score (nSPS) is 16.8. The SMILES string of the molecule is Cc1cccnc1CN1CCCC[C@@H]1C(=O)Nc1ccc(Oc2cccnc2)cc1. The van der Waals surface area contributed by atoms with Crippen molar-refractivity contribution in [1.29, 1.82) is 0 Å². The number of rotatable bonds is 6. The predicted molar refractivity (Wildman–Crippen MR) is 116 cm³/mol. The number of amides is 1. The molecule has 3 aromatic rings. The van der Waals surface area contributed by atoms with E-state index in [9.17, 15) is 4.79 Å². The largest absolute Gasteiger partial charge is 0.456 e. The third kappa shape index (κ3) is 5.02. The van der Waals surface area contributed by atoms with Crippen molar-refractivity contribution in [2.24, 2.45) is 0 Å². The number of carbonyl (C=O) groups excluding carboxylic acids is 1. The molecule has 1 N–H and O–H groups in total. The Morgan fingerprint density at radius 3 is 2.70 bits per heavy atom. The molecule has 1 atom stereocenters. The van der Waals surface area contributed by atoms with Gasteiger partial charge in [-0.1, -0.05) is 12.5 Å². The lowest BCUT2D eigenvalue weighted by molar-refractivity contribution is -0.122. The van der Waals surface area contributed by atoms with E-state index >= 15 is 0 Å². The average molecular weight is 402 g/mol. The zero-order valence-corrected chi connectivity index (χ0v) is 17.1. The summed E-state index contributed by atoms with van der Waals surface area (Å²) in [4.78, 5) is 23.8. The monoisotopic (exact) mass is 402 g/mol. The summed E-state index contributed by atoms with van der Waals surface area (Å²) in [5, 5.41) is 3.06. The van der Waals surface area contributed by atoms with Crippen LogP contribution in [0.15, 0.2) is 67.1 Å². The number of hydrogen-bond acceptors (Lipinski definition) is 5. The highest BCUT2D eigenvalue weighted by molar-refractivity contribution is 5.94. The fraction of sp³-hybridized carbons (Fsp3) is 0.292. The second-order valence-corrected chi connectivity index (χ2v) is 7.55. The number of aryl methyl sites for hydroxylation is 1. The first-order valence-corrected chi connectivity index (χ1v) is 10.3. The minimum Gasteiger partial charge on any atom is -0.456 e. The molecule has 1 aliphatic rings. The molecule has 0 unspecified atom stereocenters. The van der Waals surface area contributed by atoms with Crippen LogP contribution in [0.2, 0.25) is 0 Å². The third-order valence-corrected chi connectivity index (χ3v) is 5.38. The fourth-order valence-electron chi connectivity index (χ4n) is 3.73. The summed E-state index contributed by atoms with van der Waals surface area (Å²) in [7, 11) is 0. The van der Waals surface area contributed by atoms with Gasteiger partial charge in [0.1, 0.15) is 11.5 Å². The molecule has 0 spiro atoms. The molecule has 30 heavy (non-hydrogen) atoms. The Morgan fingerprint density at radius 2 is 1.93 bits per heavy atom. The number of pyridine rings is 2. The molecule has 1 fully saturated rings. The maximum Gasteiger partial charge on any atom is 0.241 e. The Morgan fingerprint density at radius 1 is 1.10 bits per heavy atom. The Kier molecular flexibility index (Phi) is 6.35. The fourth-order valence-corrected chi connectivity index (χ4v) is 3.73. The maximum atomic E-state index is 13.0. The van der Waals surface area contributed by atoms with Crippen LogP contribution in [0.25, 0.3) is 0 Å². The molecule has 6 nitrogen and oxygen atoms in total. The second kappa shape index (κ2) is 9.50. The summed E-state index contributed by atoms with van der Waals surface area (Å²) < 4.78 is 5.76. The van der Waals surface area contributed by atoms with Crippen LogP contribution in [-0.2, 0) is 11.3 Å². The van der Waals surface area contributed by atoms with E-state index in [4.69, 9.17) is 4.74 Å². The lowest BCUT2D eigenvalue weighted by atomic mass is 10.0. The minimum absolute atomic E-state index is 0.0317. The molecule has 3 heterocycles. The molecular formula is C24H26N4O2. The number of aromatic nitrogens is 2. The zero-order valence-electron chi connectivity index (χ0n) is 17.1. The van der Waals surface area contributed by atoms with E-state index in [-0.39, 0.29) is 11.9 Å². The maximum absolute atomic E-state index is 13.0. The van der Waals surface area contributed by atoms with Gasteiger partial charge in [0.05, 0.1) is 17.9 Å². The highest BCUT2D eigenvalue weighted by Crippen LogP contribution is 2.24. The van der Waals surface area contributed by atoms with Crippen LogP contribution >= 0.6 is 0 Å². The van der Waals surface area contributed by atoms with Crippen LogP contribution in [0.4, 0.5) is 5.69 Å². The topological polar surface area (TPSA) is 67.4 Å². The van der Waals surface area contributed by atoms with Crippen LogP contribution in [0.5, 0.6) is 11.5 Å². The van der Waals surface area contributed by atoms with E-state index < -0.39 is 0 Å². The number of likely N-dealkylation sites (tertiary alicyclic amines) is 1. The first-order chi connectivity index (χ1) is 14.7. The molecule has 1 aliphatic heterocycles. The standard InChI is InChI=1S/C24H26N4O2/c1-18-6-4-14-26-22(18)17-28-15-3-2-8-23(28)24(29)27-19-9-11-20(12-10-19)30-21-7-5-13-25-16-21/h4-7,9-14,16,23H,2-3,8,15,17H2,1H3,(H,27,29)/t23-/m1/s1. The molecule has 0 bridgehead atoms. The number of anilines is 1. The van der Waals surface area contributed by atoms with Gasteiger partial charge in [-0.3, -0.25) is 19.7 Å². The van der Waals surface area contributed by atoms with Crippen LogP contribution in [0.3, 0.4) is 0 Å². The number of ether oxygens (including phenoxy) is 1. The van der Waals surface area contributed by atoms with E-state index in [1.807, 2.05) is 48.7 Å². The van der Waals surface area contributed by atoms with E-state index in [0.717, 1.165) is 42.8 Å². The molecule has 1 aromatic carbocycles. The highest BCUT2D eigenvalue weighted by Gasteiger charge is 2.29. The number of nitrogens with zero attached hydrogens (tertiary/aromatic N) is 3. The van der Waals surface area contributed by atoms with Crippen LogP contribution < -0.4 is 10.1 Å². The van der Waals surface area contributed by atoms with Crippen molar-refractivity contribution in [3.8, 4) is 11.5 Å². The zero-order chi connectivity index (χ0) is 20.8. The molecule has 1 saturated heterocycles. The number of carbonyl (C=O) groups is 1. The summed E-state index contributed by atoms with van der Waals surface area (Å²) >= 11 is 0. The minimum atomic E-state index is -0.147. The van der Waals surface area contributed by atoms with Crippen molar-refractivity contribution in [2.75, 3.05) is 11.9 Å². The molecule has 154 valence electrons. The van der Waals surface area contributed by atoms with Gasteiger partial charge in [-0.15, -0.1) is 0 Å². The summed E-state index contributed by atoms with van der Waals surface area (Å²) in [6, 6.07) is 15.0. The molecule has 6 heteroatoms. The van der Waals surface area contributed by atoms with Gasteiger partial charge in [0.25, 0.3) is 0 Å². The van der Waals surface area contributed by atoms with E-state index in [1.165, 1.54) is 0 Å². The Bertz CT molecular complexity index is 976. The second-order valence-electron chi connectivity index (χ2n) is 7.55. The smallest absolute Gasteiger partial charge is 0.241 e. The number of piperidine rings is 1. The van der Waals surface area contributed by atoms with Crippen LogP contribution in [0, 0.1) is 6.92 Å². The first-order valence-electron chi connectivity index (χ1n) is 10.3. The van der Waals surface area contributed by atoms with Gasteiger partial charge in [-0.2, -0.15) is 0 Å². The molecule has 0 radical (unpaired) electrons. The Hall–Kier alpha value is -3.25. The summed E-state index contributed by atoms with van der Waals surface area (Å²) in [6.45, 7) is 3.67. The molecule has 4 rings (SSSR count). The van der Waals surface area contributed by atoms with Crippen molar-refractivity contribution in [1.82, 2.24) is 14.9 Å². The Balaban J connectivity index is 1.39. The predicted octanol–water partition coefficient (Wildman–Crippen LogP) is 4.57. The van der Waals surface area contributed by atoms with Crippen LogP contribution in [0.1, 0.15) is 30.5 Å². The Labute approximate surface area is 176 Å². The van der Waals surface area contributed by atoms with Crippen molar-refractivity contribution in [3.05, 3.63) is 78.4 Å². The van der Waals surface area contributed by atoms with Crippen molar-refractivity contribution in [2.45, 2.75) is 38.8 Å². The average Bonchev–Trinajstić information content (AvgIpc) is 2.78. The number of hydrogen-bond donors (Lipinski definition) is 1. The molecule has 2 aromatic heterocycles. The molecular weight excluding hydrogens is 376 g/mol. The van der Waals surface area contributed by atoms with E-state index in [2.05, 4.69) is 33.2 Å². The third-order valence-electron chi connectivity index (χ3n) is 5.38. The van der Waals surface area contributed by atoms with Gasteiger partial charge in [0.15, 0.2) is 0 Å².